The fraction of sp³-hybridized carbons (Fsp3) is 0.500. The van der Waals surface area contributed by atoms with Crippen LogP contribution in [0.25, 0.3) is 0 Å². The Morgan fingerprint density at radius 3 is 2.72 bits per heavy atom. The number of carboxylic acid groups (broad SMARTS) is 1. The molecule has 1 unspecified atom stereocenters. The van der Waals surface area contributed by atoms with Gasteiger partial charge in [-0.15, -0.1) is 0 Å². The van der Waals surface area contributed by atoms with Crippen LogP contribution in [-0.2, 0) is 11.2 Å². The number of aryl methyl sites for hydroxylation is 1. The van der Waals surface area contributed by atoms with E-state index >= 15 is 0 Å². The summed E-state index contributed by atoms with van der Waals surface area (Å²) in [5, 5.41) is 8.97. The second-order valence-corrected chi connectivity index (χ2v) is 4.88. The molecule has 18 heavy (non-hydrogen) atoms. The first kappa shape index (κ1) is 11.4. The normalized spacial score (nSPS) is 21.2. The summed E-state index contributed by atoms with van der Waals surface area (Å²) in [6, 6.07) is 4.01. The van der Waals surface area contributed by atoms with Gasteiger partial charge in [0.1, 0.15) is 13.2 Å². The number of aliphatic carboxylic acids is 1. The lowest BCUT2D eigenvalue weighted by Gasteiger charge is -2.27. The molecule has 0 radical (unpaired) electrons. The molecule has 3 rings (SSSR count). The van der Waals surface area contributed by atoms with Crippen LogP contribution in [0.5, 0.6) is 11.5 Å². The molecule has 1 N–H and O–H groups in total. The molecule has 0 saturated heterocycles. The molecule has 4 nitrogen and oxygen atoms in total. The third-order valence-electron chi connectivity index (χ3n) is 3.66. The second kappa shape index (κ2) is 4.52. The van der Waals surface area contributed by atoms with Crippen molar-refractivity contribution in [2.24, 2.45) is 0 Å². The van der Waals surface area contributed by atoms with Gasteiger partial charge < -0.3 is 14.6 Å². The zero-order valence-corrected chi connectivity index (χ0v) is 10.1. The van der Waals surface area contributed by atoms with E-state index in [9.17, 15) is 4.79 Å². The van der Waals surface area contributed by atoms with E-state index in [1.807, 2.05) is 12.1 Å². The van der Waals surface area contributed by atoms with Crippen molar-refractivity contribution in [3.05, 3.63) is 23.3 Å². The number of rotatable bonds is 2. The zero-order chi connectivity index (χ0) is 12.5. The summed E-state index contributed by atoms with van der Waals surface area (Å²) in [5.74, 6) is 0.943. The van der Waals surface area contributed by atoms with Crippen LogP contribution in [0.4, 0.5) is 0 Å². The summed E-state index contributed by atoms with van der Waals surface area (Å²) in [7, 11) is 0. The standard InChI is InChI=1S/C14H16O4/c15-14(16)7-10-3-1-2-9-6-12-13(8-11(9)10)18-5-4-17-12/h6,8,10H,1-5,7H2,(H,15,16). The number of benzene rings is 1. The van der Waals surface area contributed by atoms with E-state index < -0.39 is 5.97 Å². The minimum Gasteiger partial charge on any atom is -0.486 e. The topological polar surface area (TPSA) is 55.8 Å². The van der Waals surface area contributed by atoms with Gasteiger partial charge in [-0.25, -0.2) is 0 Å². The van der Waals surface area contributed by atoms with E-state index in [-0.39, 0.29) is 12.3 Å². The smallest absolute Gasteiger partial charge is 0.303 e. The molecule has 0 amide bonds. The first-order chi connectivity index (χ1) is 8.74. The van der Waals surface area contributed by atoms with E-state index in [0.717, 1.165) is 36.3 Å². The lowest BCUT2D eigenvalue weighted by Crippen LogP contribution is -2.18. The van der Waals surface area contributed by atoms with E-state index in [1.165, 1.54) is 5.56 Å². The molecule has 0 aromatic heterocycles. The van der Waals surface area contributed by atoms with Gasteiger partial charge in [0.05, 0.1) is 6.42 Å². The summed E-state index contributed by atoms with van der Waals surface area (Å²) >= 11 is 0. The number of carbonyl (C=O) groups is 1. The number of carboxylic acids is 1. The Bertz CT molecular complexity index is 481. The number of fused-ring (bicyclic) bond motifs is 2. The molecule has 0 saturated carbocycles. The average Bonchev–Trinajstić information content (AvgIpc) is 2.36. The van der Waals surface area contributed by atoms with Crippen LogP contribution in [0.2, 0.25) is 0 Å². The summed E-state index contributed by atoms with van der Waals surface area (Å²) < 4.78 is 11.1. The van der Waals surface area contributed by atoms with Gasteiger partial charge in [0.25, 0.3) is 0 Å². The van der Waals surface area contributed by atoms with Crippen molar-refractivity contribution < 1.29 is 19.4 Å². The highest BCUT2D eigenvalue weighted by Crippen LogP contribution is 2.41. The summed E-state index contributed by atoms with van der Waals surface area (Å²) in [6.07, 6.45) is 3.19. The molecular weight excluding hydrogens is 232 g/mol. The van der Waals surface area contributed by atoms with Gasteiger partial charge in [0.15, 0.2) is 11.5 Å². The number of hydrogen-bond donors (Lipinski definition) is 1. The van der Waals surface area contributed by atoms with E-state index in [1.54, 1.807) is 0 Å². The third kappa shape index (κ3) is 2.03. The van der Waals surface area contributed by atoms with Crippen LogP contribution in [0, 0.1) is 0 Å². The van der Waals surface area contributed by atoms with Crippen LogP contribution in [0.3, 0.4) is 0 Å². The maximum atomic E-state index is 10.9. The zero-order valence-electron chi connectivity index (χ0n) is 10.1. The lowest BCUT2D eigenvalue weighted by atomic mass is 9.81. The monoisotopic (exact) mass is 248 g/mol. The maximum absolute atomic E-state index is 10.9. The minimum atomic E-state index is -0.734. The molecule has 0 spiro atoms. The van der Waals surface area contributed by atoms with Crippen LogP contribution < -0.4 is 9.47 Å². The van der Waals surface area contributed by atoms with Crippen LogP contribution in [-0.4, -0.2) is 24.3 Å². The largest absolute Gasteiger partial charge is 0.486 e. The Kier molecular flexibility index (Phi) is 2.86. The Balaban J connectivity index is 1.98. The minimum absolute atomic E-state index is 0.113. The highest BCUT2D eigenvalue weighted by molar-refractivity contribution is 5.68. The fourth-order valence-corrected chi connectivity index (χ4v) is 2.86. The highest BCUT2D eigenvalue weighted by Gasteiger charge is 2.25. The molecule has 0 fully saturated rings. The van der Waals surface area contributed by atoms with Crippen molar-refractivity contribution in [1.82, 2.24) is 0 Å². The molecule has 2 aliphatic rings. The lowest BCUT2D eigenvalue weighted by molar-refractivity contribution is -0.137. The molecule has 4 heteroatoms. The molecule has 96 valence electrons. The summed E-state index contributed by atoms with van der Waals surface area (Å²) in [6.45, 7) is 1.15. The van der Waals surface area contributed by atoms with E-state index in [0.29, 0.717) is 13.2 Å². The van der Waals surface area contributed by atoms with Gasteiger partial charge in [-0.2, -0.15) is 0 Å². The van der Waals surface area contributed by atoms with Crippen molar-refractivity contribution in [2.75, 3.05) is 13.2 Å². The second-order valence-electron chi connectivity index (χ2n) is 4.88. The third-order valence-corrected chi connectivity index (χ3v) is 3.66. The molecule has 1 heterocycles. The molecule has 1 atom stereocenters. The Morgan fingerprint density at radius 2 is 2.00 bits per heavy atom. The highest BCUT2D eigenvalue weighted by atomic mass is 16.6. The van der Waals surface area contributed by atoms with Gasteiger partial charge in [0.2, 0.25) is 0 Å². The molecule has 1 aliphatic heterocycles. The van der Waals surface area contributed by atoms with Gasteiger partial charge in [-0.1, -0.05) is 0 Å². The van der Waals surface area contributed by atoms with E-state index in [2.05, 4.69) is 0 Å². The van der Waals surface area contributed by atoms with Gasteiger partial charge >= 0.3 is 5.97 Å². The van der Waals surface area contributed by atoms with Gasteiger partial charge in [-0.05, 0) is 48.4 Å². The number of ether oxygens (including phenoxy) is 2. The Labute approximate surface area is 106 Å². The molecular formula is C14H16O4. The fourth-order valence-electron chi connectivity index (χ4n) is 2.86. The first-order valence-corrected chi connectivity index (χ1v) is 6.38. The predicted octanol–water partition coefficient (Wildman–Crippen LogP) is 2.35. The van der Waals surface area contributed by atoms with Gasteiger partial charge in [0, 0.05) is 0 Å². The number of hydrogen-bond acceptors (Lipinski definition) is 3. The van der Waals surface area contributed by atoms with Gasteiger partial charge in [-0.3, -0.25) is 4.79 Å². The van der Waals surface area contributed by atoms with E-state index in [4.69, 9.17) is 14.6 Å². The van der Waals surface area contributed by atoms with Crippen molar-refractivity contribution >= 4 is 5.97 Å². The van der Waals surface area contributed by atoms with Crippen LogP contribution in [0.15, 0.2) is 12.1 Å². The van der Waals surface area contributed by atoms with Crippen LogP contribution >= 0.6 is 0 Å². The first-order valence-electron chi connectivity index (χ1n) is 6.38. The predicted molar refractivity (Wildman–Crippen MR) is 65.4 cm³/mol. The average molecular weight is 248 g/mol. The van der Waals surface area contributed by atoms with Crippen molar-refractivity contribution in [3.8, 4) is 11.5 Å². The molecule has 1 aromatic carbocycles. The van der Waals surface area contributed by atoms with Crippen molar-refractivity contribution in [2.45, 2.75) is 31.6 Å². The Hall–Kier alpha value is -1.71. The SMILES string of the molecule is O=C(O)CC1CCCc2cc3c(cc21)OCCO3. The maximum Gasteiger partial charge on any atom is 0.303 e. The molecule has 0 bridgehead atoms. The summed E-state index contributed by atoms with van der Waals surface area (Å²) in [5.41, 5.74) is 2.35. The van der Waals surface area contributed by atoms with Crippen molar-refractivity contribution in [3.63, 3.8) is 0 Å². The quantitative estimate of drug-likeness (QED) is 0.872. The Morgan fingerprint density at radius 1 is 1.28 bits per heavy atom. The van der Waals surface area contributed by atoms with Crippen LogP contribution in [0.1, 0.15) is 36.3 Å². The summed E-state index contributed by atoms with van der Waals surface area (Å²) in [4.78, 5) is 10.9. The van der Waals surface area contributed by atoms with Crippen molar-refractivity contribution in [1.29, 1.82) is 0 Å². The molecule has 1 aliphatic carbocycles. The molecule has 1 aromatic rings.